The van der Waals surface area contributed by atoms with Gasteiger partial charge < -0.3 is 4.90 Å². The Morgan fingerprint density at radius 3 is 2.62 bits per heavy atom. The van der Waals surface area contributed by atoms with Crippen LogP contribution in [0.4, 0.5) is 0 Å². The minimum atomic E-state index is -3.61. The fourth-order valence-electron chi connectivity index (χ4n) is 2.11. The van der Waals surface area contributed by atoms with E-state index in [-0.39, 0.29) is 16.0 Å². The fourth-order valence-corrected chi connectivity index (χ4v) is 3.82. The van der Waals surface area contributed by atoms with Gasteiger partial charge in [0.1, 0.15) is 4.90 Å². The summed E-state index contributed by atoms with van der Waals surface area (Å²) in [5.74, 6) is 0. The molecule has 21 heavy (non-hydrogen) atoms. The van der Waals surface area contributed by atoms with Gasteiger partial charge in [-0.1, -0.05) is 25.4 Å². The third-order valence-electron chi connectivity index (χ3n) is 3.39. The summed E-state index contributed by atoms with van der Waals surface area (Å²) in [7, 11) is -3.61. The Hall–Kier alpha value is -0.690. The predicted molar refractivity (Wildman–Crippen MR) is 86.1 cm³/mol. The Balaban J connectivity index is 2.54. The zero-order valence-corrected chi connectivity index (χ0v) is 14.4. The van der Waals surface area contributed by atoms with Crippen LogP contribution in [0.3, 0.4) is 0 Å². The molecule has 5 nitrogen and oxygen atoms in total. The highest BCUT2D eigenvalue weighted by Crippen LogP contribution is 2.19. The number of nitrogens with zero attached hydrogens (tertiary/aromatic N) is 2. The van der Waals surface area contributed by atoms with Gasteiger partial charge in [0.2, 0.25) is 10.0 Å². The summed E-state index contributed by atoms with van der Waals surface area (Å²) in [5, 5.41) is 0.188. The van der Waals surface area contributed by atoms with Gasteiger partial charge >= 0.3 is 0 Å². The van der Waals surface area contributed by atoms with Crippen LogP contribution in [-0.2, 0) is 10.0 Å². The number of nitrogens with one attached hydrogen (secondary N) is 1. The van der Waals surface area contributed by atoms with Gasteiger partial charge in [-0.2, -0.15) is 0 Å². The molecule has 0 amide bonds. The van der Waals surface area contributed by atoms with Crippen molar-refractivity contribution < 1.29 is 8.42 Å². The molecule has 0 bridgehead atoms. The van der Waals surface area contributed by atoms with E-state index in [9.17, 15) is 8.42 Å². The second kappa shape index (κ2) is 8.68. The first-order valence-corrected chi connectivity index (χ1v) is 9.11. The van der Waals surface area contributed by atoms with E-state index in [4.69, 9.17) is 11.6 Å². The lowest BCUT2D eigenvalue weighted by molar-refractivity contribution is 0.293. The van der Waals surface area contributed by atoms with Crippen molar-refractivity contribution in [2.45, 2.75) is 44.6 Å². The molecular weight excluding hydrogens is 310 g/mol. The van der Waals surface area contributed by atoms with Crippen LogP contribution in [0.25, 0.3) is 0 Å². The van der Waals surface area contributed by atoms with Gasteiger partial charge in [0.15, 0.2) is 0 Å². The van der Waals surface area contributed by atoms with E-state index in [1.54, 1.807) is 0 Å². The number of hydrogen-bond acceptors (Lipinski definition) is 4. The molecular formula is C14H24ClN3O2S. The first-order chi connectivity index (χ1) is 9.90. The van der Waals surface area contributed by atoms with Crippen LogP contribution in [0.1, 0.15) is 33.6 Å². The van der Waals surface area contributed by atoms with Crippen molar-refractivity contribution in [3.8, 4) is 0 Å². The summed E-state index contributed by atoms with van der Waals surface area (Å²) in [4.78, 5) is 6.16. The van der Waals surface area contributed by atoms with Crippen molar-refractivity contribution in [3.63, 3.8) is 0 Å². The largest absolute Gasteiger partial charge is 0.304 e. The molecule has 120 valence electrons. The lowest BCUT2D eigenvalue weighted by Crippen LogP contribution is -2.34. The van der Waals surface area contributed by atoms with Crippen molar-refractivity contribution >= 4 is 21.6 Å². The van der Waals surface area contributed by atoms with Gasteiger partial charge in [-0.25, -0.2) is 13.1 Å². The van der Waals surface area contributed by atoms with Crippen LogP contribution in [0.15, 0.2) is 23.4 Å². The summed E-state index contributed by atoms with van der Waals surface area (Å²) >= 11 is 5.91. The number of halogens is 1. The van der Waals surface area contributed by atoms with E-state index in [1.807, 2.05) is 6.92 Å². The van der Waals surface area contributed by atoms with Crippen LogP contribution in [-0.4, -0.2) is 44.0 Å². The maximum atomic E-state index is 12.2. The summed E-state index contributed by atoms with van der Waals surface area (Å²) in [5.41, 5.74) is 0. The third kappa shape index (κ3) is 5.90. The van der Waals surface area contributed by atoms with E-state index < -0.39 is 10.0 Å². The highest BCUT2D eigenvalue weighted by atomic mass is 35.5. The number of aromatic nitrogens is 1. The Labute approximate surface area is 132 Å². The van der Waals surface area contributed by atoms with Crippen LogP contribution in [0, 0.1) is 0 Å². The Morgan fingerprint density at radius 1 is 1.38 bits per heavy atom. The molecule has 1 aromatic heterocycles. The molecule has 1 rings (SSSR count). The van der Waals surface area contributed by atoms with E-state index in [0.29, 0.717) is 0 Å². The molecule has 0 aliphatic heterocycles. The van der Waals surface area contributed by atoms with Gasteiger partial charge in [-0.05, 0) is 45.5 Å². The molecule has 1 atom stereocenters. The average molecular weight is 334 g/mol. The normalized spacial score (nSPS) is 13.6. The topological polar surface area (TPSA) is 62.3 Å². The molecule has 1 aromatic rings. The third-order valence-corrected chi connectivity index (χ3v) is 5.44. The maximum Gasteiger partial charge on any atom is 0.243 e. The van der Waals surface area contributed by atoms with Crippen molar-refractivity contribution in [2.75, 3.05) is 19.6 Å². The van der Waals surface area contributed by atoms with Gasteiger partial charge in [0.05, 0.1) is 5.02 Å². The highest BCUT2D eigenvalue weighted by Gasteiger charge is 2.20. The molecule has 0 aliphatic carbocycles. The van der Waals surface area contributed by atoms with Crippen LogP contribution < -0.4 is 4.72 Å². The summed E-state index contributed by atoms with van der Waals surface area (Å²) in [6.07, 6.45) is 4.47. The van der Waals surface area contributed by atoms with E-state index in [2.05, 4.69) is 28.5 Å². The Bertz CT molecular complexity index is 533. The average Bonchev–Trinajstić information content (AvgIpc) is 2.43. The van der Waals surface area contributed by atoms with Gasteiger partial charge in [0.25, 0.3) is 0 Å². The Kier molecular flexibility index (Phi) is 7.59. The molecule has 0 saturated carbocycles. The van der Waals surface area contributed by atoms with Crippen molar-refractivity contribution in [3.05, 3.63) is 23.5 Å². The van der Waals surface area contributed by atoms with Crippen molar-refractivity contribution in [1.82, 2.24) is 14.6 Å². The zero-order chi connectivity index (χ0) is 15.9. The van der Waals surface area contributed by atoms with E-state index in [1.165, 1.54) is 18.5 Å². The molecule has 1 N–H and O–H groups in total. The second-order valence-electron chi connectivity index (χ2n) is 5.00. The van der Waals surface area contributed by atoms with E-state index in [0.717, 1.165) is 32.5 Å². The number of pyridine rings is 1. The minimum absolute atomic E-state index is 0.0299. The summed E-state index contributed by atoms with van der Waals surface area (Å²) < 4.78 is 27.1. The molecule has 1 heterocycles. The highest BCUT2D eigenvalue weighted by molar-refractivity contribution is 7.89. The number of sulfonamides is 1. The van der Waals surface area contributed by atoms with Crippen LogP contribution in [0.5, 0.6) is 0 Å². The fraction of sp³-hybridized carbons (Fsp3) is 0.643. The zero-order valence-electron chi connectivity index (χ0n) is 12.8. The standard InChI is InChI=1S/C14H24ClN3O2S/c1-4-18(5-2)10-6-7-12(3)17-21(19,20)14-11-16-9-8-13(14)15/h8-9,11-12,17H,4-7,10H2,1-3H3. The lowest BCUT2D eigenvalue weighted by Gasteiger charge is -2.19. The Morgan fingerprint density at radius 2 is 2.05 bits per heavy atom. The van der Waals surface area contributed by atoms with Crippen molar-refractivity contribution in [2.24, 2.45) is 0 Å². The molecule has 1 unspecified atom stereocenters. The monoisotopic (exact) mass is 333 g/mol. The van der Waals surface area contributed by atoms with Gasteiger partial charge in [-0.3, -0.25) is 4.98 Å². The minimum Gasteiger partial charge on any atom is -0.304 e. The first-order valence-electron chi connectivity index (χ1n) is 7.24. The maximum absolute atomic E-state index is 12.2. The molecule has 0 fully saturated rings. The number of rotatable bonds is 9. The SMILES string of the molecule is CCN(CC)CCCC(C)NS(=O)(=O)c1cnccc1Cl. The van der Waals surface area contributed by atoms with E-state index >= 15 is 0 Å². The summed E-state index contributed by atoms with van der Waals surface area (Å²) in [6, 6.07) is 1.34. The van der Waals surface area contributed by atoms with Crippen molar-refractivity contribution in [1.29, 1.82) is 0 Å². The molecule has 7 heteroatoms. The molecule has 0 aliphatic rings. The molecule has 0 radical (unpaired) electrons. The molecule has 0 spiro atoms. The lowest BCUT2D eigenvalue weighted by atomic mass is 10.2. The van der Waals surface area contributed by atoms with Crippen LogP contribution in [0.2, 0.25) is 5.02 Å². The molecule has 0 aromatic carbocycles. The van der Waals surface area contributed by atoms with Crippen LogP contribution >= 0.6 is 11.6 Å². The number of hydrogen-bond donors (Lipinski definition) is 1. The quantitative estimate of drug-likeness (QED) is 0.754. The predicted octanol–water partition coefficient (Wildman–Crippen LogP) is 2.52. The molecule has 0 saturated heterocycles. The van der Waals surface area contributed by atoms with Gasteiger partial charge in [-0.15, -0.1) is 0 Å². The smallest absolute Gasteiger partial charge is 0.243 e. The second-order valence-corrected chi connectivity index (χ2v) is 7.09. The first kappa shape index (κ1) is 18.4. The van der Waals surface area contributed by atoms with Gasteiger partial charge in [0, 0.05) is 18.4 Å². The summed E-state index contributed by atoms with van der Waals surface area (Å²) in [6.45, 7) is 9.13.